The van der Waals surface area contributed by atoms with Crippen LogP contribution in [0.2, 0.25) is 0 Å². The lowest BCUT2D eigenvalue weighted by Crippen LogP contribution is -2.16. The summed E-state index contributed by atoms with van der Waals surface area (Å²) in [4.78, 5) is 17.8. The predicted molar refractivity (Wildman–Crippen MR) is 97.7 cm³/mol. The minimum Gasteiger partial charge on any atom is -0.352 e. The number of benzene rings is 1. The molecule has 0 aliphatic rings. The molecule has 1 aromatic carbocycles. The molecule has 0 saturated heterocycles. The number of nitrogens with one attached hydrogen (secondary N) is 2. The van der Waals surface area contributed by atoms with Crippen molar-refractivity contribution in [3.05, 3.63) is 41.7 Å². The topological polar surface area (TPSA) is 75.6 Å². The molecule has 2 aromatic heterocycles. The van der Waals surface area contributed by atoms with E-state index in [9.17, 15) is 0 Å². The van der Waals surface area contributed by atoms with Gasteiger partial charge in [-0.15, -0.1) is 0 Å². The number of rotatable bonds is 5. The lowest BCUT2D eigenvalue weighted by Gasteiger charge is -2.14. The molecule has 0 radical (unpaired) electrons. The minimum atomic E-state index is 0.286. The Hall–Kier alpha value is -2.76. The number of hydrogen-bond acceptors (Lipinski definition) is 6. The summed E-state index contributed by atoms with van der Waals surface area (Å²) in [6, 6.07) is 6.51. The SMILES string of the molecule is CCC(C)Nc1nc(Nc2ccc(C)c(C)c2)c2nccnc2n1. The van der Waals surface area contributed by atoms with E-state index in [0.29, 0.717) is 22.9 Å². The fraction of sp³-hybridized carbons (Fsp3) is 0.333. The van der Waals surface area contributed by atoms with Crippen molar-refractivity contribution in [2.45, 2.75) is 40.2 Å². The van der Waals surface area contributed by atoms with Crippen molar-refractivity contribution >= 4 is 28.6 Å². The Balaban J connectivity index is 2.02. The molecule has 124 valence electrons. The van der Waals surface area contributed by atoms with E-state index in [1.54, 1.807) is 12.4 Å². The average molecular weight is 322 g/mol. The largest absolute Gasteiger partial charge is 0.352 e. The zero-order valence-corrected chi connectivity index (χ0v) is 14.5. The summed E-state index contributed by atoms with van der Waals surface area (Å²) in [5.74, 6) is 1.21. The zero-order valence-electron chi connectivity index (χ0n) is 14.5. The highest BCUT2D eigenvalue weighted by Crippen LogP contribution is 2.24. The summed E-state index contributed by atoms with van der Waals surface area (Å²) in [6.45, 7) is 8.40. The Labute approximate surface area is 141 Å². The quantitative estimate of drug-likeness (QED) is 0.739. The van der Waals surface area contributed by atoms with Crippen LogP contribution < -0.4 is 10.6 Å². The second-order valence-corrected chi connectivity index (χ2v) is 6.00. The first-order valence-corrected chi connectivity index (χ1v) is 8.16. The number of nitrogens with zero attached hydrogens (tertiary/aromatic N) is 4. The fourth-order valence-electron chi connectivity index (χ4n) is 2.29. The van der Waals surface area contributed by atoms with Crippen LogP contribution in [0.15, 0.2) is 30.6 Å². The van der Waals surface area contributed by atoms with Gasteiger partial charge in [-0.2, -0.15) is 9.97 Å². The molecule has 1 atom stereocenters. The van der Waals surface area contributed by atoms with Crippen molar-refractivity contribution < 1.29 is 0 Å². The monoisotopic (exact) mass is 322 g/mol. The van der Waals surface area contributed by atoms with E-state index >= 15 is 0 Å². The van der Waals surface area contributed by atoms with Crippen LogP contribution in [-0.2, 0) is 0 Å². The Morgan fingerprint density at radius 2 is 1.83 bits per heavy atom. The lowest BCUT2D eigenvalue weighted by molar-refractivity contribution is 0.754. The van der Waals surface area contributed by atoms with Gasteiger partial charge in [-0.1, -0.05) is 13.0 Å². The van der Waals surface area contributed by atoms with Gasteiger partial charge < -0.3 is 10.6 Å². The maximum atomic E-state index is 4.60. The zero-order chi connectivity index (χ0) is 17.1. The van der Waals surface area contributed by atoms with Crippen LogP contribution >= 0.6 is 0 Å². The summed E-state index contributed by atoms with van der Waals surface area (Å²) < 4.78 is 0. The van der Waals surface area contributed by atoms with Crippen LogP contribution in [0.1, 0.15) is 31.4 Å². The molecular formula is C18H22N6. The van der Waals surface area contributed by atoms with E-state index in [-0.39, 0.29) is 6.04 Å². The first-order chi connectivity index (χ1) is 11.6. The van der Waals surface area contributed by atoms with Gasteiger partial charge in [0.2, 0.25) is 5.95 Å². The molecular weight excluding hydrogens is 300 g/mol. The molecule has 24 heavy (non-hydrogen) atoms. The van der Waals surface area contributed by atoms with Crippen LogP contribution in [0, 0.1) is 13.8 Å². The van der Waals surface area contributed by atoms with Crippen molar-refractivity contribution in [1.82, 2.24) is 19.9 Å². The van der Waals surface area contributed by atoms with Gasteiger partial charge in [0.25, 0.3) is 0 Å². The number of aromatic nitrogens is 4. The number of fused-ring (bicyclic) bond motifs is 1. The van der Waals surface area contributed by atoms with Crippen LogP contribution in [0.5, 0.6) is 0 Å². The molecule has 0 saturated carbocycles. The second kappa shape index (κ2) is 6.78. The minimum absolute atomic E-state index is 0.286. The van der Waals surface area contributed by atoms with E-state index in [1.165, 1.54) is 11.1 Å². The Morgan fingerprint density at radius 3 is 2.58 bits per heavy atom. The van der Waals surface area contributed by atoms with Gasteiger partial charge >= 0.3 is 0 Å². The van der Waals surface area contributed by atoms with Crippen molar-refractivity contribution in [3.8, 4) is 0 Å². The third-order valence-electron chi connectivity index (χ3n) is 4.09. The normalized spacial score (nSPS) is 12.2. The molecule has 0 aliphatic heterocycles. The average Bonchev–Trinajstić information content (AvgIpc) is 2.58. The summed E-state index contributed by atoms with van der Waals surface area (Å²) in [7, 11) is 0. The first kappa shape index (κ1) is 16.1. The van der Waals surface area contributed by atoms with Crippen LogP contribution in [0.3, 0.4) is 0 Å². The number of aryl methyl sites for hydroxylation is 2. The molecule has 3 aromatic rings. The smallest absolute Gasteiger partial charge is 0.227 e. The molecule has 6 nitrogen and oxygen atoms in total. The number of anilines is 3. The van der Waals surface area contributed by atoms with Crippen molar-refractivity contribution in [1.29, 1.82) is 0 Å². The van der Waals surface area contributed by atoms with Gasteiger partial charge in [-0.3, -0.25) is 0 Å². The molecule has 0 fully saturated rings. The Bertz CT molecular complexity index is 861. The van der Waals surface area contributed by atoms with Crippen LogP contribution in [0.4, 0.5) is 17.5 Å². The highest BCUT2D eigenvalue weighted by Gasteiger charge is 2.11. The second-order valence-electron chi connectivity index (χ2n) is 6.00. The number of hydrogen-bond donors (Lipinski definition) is 2. The molecule has 0 spiro atoms. The van der Waals surface area contributed by atoms with Gasteiger partial charge in [0.05, 0.1) is 0 Å². The molecule has 2 N–H and O–H groups in total. The van der Waals surface area contributed by atoms with E-state index in [2.05, 4.69) is 70.4 Å². The molecule has 1 unspecified atom stereocenters. The van der Waals surface area contributed by atoms with Crippen LogP contribution in [-0.4, -0.2) is 26.0 Å². The highest BCUT2D eigenvalue weighted by atomic mass is 15.2. The standard InChI is InChI=1S/C18H22N6/c1-5-13(4)21-18-23-16-15(19-8-9-20-16)17(24-18)22-14-7-6-11(2)12(3)10-14/h6-10,13H,5H2,1-4H3,(H2,20,21,22,23,24). The van der Waals surface area contributed by atoms with Gasteiger partial charge in [0.15, 0.2) is 17.0 Å². The lowest BCUT2D eigenvalue weighted by atomic mass is 10.1. The van der Waals surface area contributed by atoms with E-state index in [4.69, 9.17) is 0 Å². The Morgan fingerprint density at radius 1 is 1.04 bits per heavy atom. The molecule has 6 heteroatoms. The summed E-state index contributed by atoms with van der Waals surface area (Å²) in [5, 5.41) is 6.65. The molecule has 3 rings (SSSR count). The van der Waals surface area contributed by atoms with Gasteiger partial charge in [0.1, 0.15) is 0 Å². The summed E-state index contributed by atoms with van der Waals surface area (Å²) in [5.41, 5.74) is 4.68. The van der Waals surface area contributed by atoms with Gasteiger partial charge in [-0.25, -0.2) is 9.97 Å². The van der Waals surface area contributed by atoms with Crippen molar-refractivity contribution in [3.63, 3.8) is 0 Å². The molecule has 2 heterocycles. The van der Waals surface area contributed by atoms with Gasteiger partial charge in [-0.05, 0) is 50.5 Å². The molecule has 0 amide bonds. The van der Waals surface area contributed by atoms with Gasteiger partial charge in [0, 0.05) is 24.1 Å². The first-order valence-electron chi connectivity index (χ1n) is 8.16. The summed E-state index contributed by atoms with van der Waals surface area (Å²) >= 11 is 0. The van der Waals surface area contributed by atoms with E-state index in [0.717, 1.165) is 12.1 Å². The van der Waals surface area contributed by atoms with Crippen LogP contribution in [0.25, 0.3) is 11.2 Å². The summed E-state index contributed by atoms with van der Waals surface area (Å²) in [6.07, 6.45) is 4.28. The van der Waals surface area contributed by atoms with Crippen molar-refractivity contribution in [2.75, 3.05) is 10.6 Å². The Kier molecular flexibility index (Phi) is 4.55. The third-order valence-corrected chi connectivity index (χ3v) is 4.09. The van der Waals surface area contributed by atoms with E-state index < -0.39 is 0 Å². The fourth-order valence-corrected chi connectivity index (χ4v) is 2.29. The maximum absolute atomic E-state index is 4.60. The highest BCUT2D eigenvalue weighted by molar-refractivity contribution is 5.85. The third kappa shape index (κ3) is 3.42. The molecule has 0 aliphatic carbocycles. The van der Waals surface area contributed by atoms with Crippen molar-refractivity contribution in [2.24, 2.45) is 0 Å². The maximum Gasteiger partial charge on any atom is 0.227 e. The van der Waals surface area contributed by atoms with E-state index in [1.807, 2.05) is 6.07 Å². The predicted octanol–water partition coefficient (Wildman–Crippen LogP) is 3.99. The molecule has 0 bridgehead atoms.